The largest absolute Gasteiger partial charge is 0.479 e. The van der Waals surface area contributed by atoms with Gasteiger partial charge in [0.15, 0.2) is 23.0 Å². The van der Waals surface area contributed by atoms with Crippen LogP contribution >= 0.6 is 22.9 Å². The van der Waals surface area contributed by atoms with Crippen LogP contribution in [0.1, 0.15) is 53.2 Å². The minimum absolute atomic E-state index is 0.00480. The van der Waals surface area contributed by atoms with Crippen LogP contribution in [0.5, 0.6) is 5.75 Å². The topological polar surface area (TPSA) is 142 Å². The van der Waals surface area contributed by atoms with Gasteiger partial charge in [0.25, 0.3) is 0 Å². The highest BCUT2D eigenvalue weighted by atomic mass is 35.5. The summed E-state index contributed by atoms with van der Waals surface area (Å²) < 4.78 is 10.4. The average Bonchev–Trinajstić information content (AvgIpc) is 3.37. The Morgan fingerprint density at radius 1 is 1.22 bits per heavy atom. The molecule has 2 amide bonds. The number of carbonyl (C=O) groups is 3. The minimum atomic E-state index is -1.28. The number of carboxylic acids is 2. The standard InChI is InChI=1S/C25H26ClN3O7S/c1-13-20(14(2)36-28-13)27-25(34)29(16-8-4-3-5-9-16)17-10-6-7-15(11-17)22-19(26)21(35-12-18(30)31)23(37-22)24(32)33/h6-7,10-11,16H,3-5,8-9,12H2,1-2H3,(H,27,34)(H,30,31)(H,32,33). The van der Waals surface area contributed by atoms with E-state index in [-0.39, 0.29) is 27.7 Å². The number of hydrogen-bond donors (Lipinski definition) is 3. The zero-order chi connectivity index (χ0) is 26.7. The molecule has 0 spiro atoms. The van der Waals surface area contributed by atoms with Gasteiger partial charge >= 0.3 is 18.0 Å². The third-order valence-corrected chi connectivity index (χ3v) is 7.83. The van der Waals surface area contributed by atoms with Crippen molar-refractivity contribution in [3.05, 3.63) is 45.6 Å². The molecule has 196 valence electrons. The van der Waals surface area contributed by atoms with Gasteiger partial charge in [-0.15, -0.1) is 11.3 Å². The van der Waals surface area contributed by atoms with Crippen LogP contribution in [0, 0.1) is 13.8 Å². The van der Waals surface area contributed by atoms with E-state index in [0.717, 1.165) is 43.4 Å². The minimum Gasteiger partial charge on any atom is -0.479 e. The molecule has 0 aliphatic heterocycles. The van der Waals surface area contributed by atoms with Crippen LogP contribution in [0.4, 0.5) is 16.2 Å². The smallest absolute Gasteiger partial charge is 0.349 e. The first-order chi connectivity index (χ1) is 17.7. The summed E-state index contributed by atoms with van der Waals surface area (Å²) in [6, 6.07) is 6.73. The quantitative estimate of drug-likeness (QED) is 0.302. The predicted octanol–water partition coefficient (Wildman–Crippen LogP) is 6.21. The molecule has 10 nitrogen and oxygen atoms in total. The number of amides is 2. The second-order valence-corrected chi connectivity index (χ2v) is 10.1. The van der Waals surface area contributed by atoms with Gasteiger partial charge < -0.3 is 24.8 Å². The molecular formula is C25H26ClN3O7S. The first-order valence-electron chi connectivity index (χ1n) is 11.7. The van der Waals surface area contributed by atoms with Crippen LogP contribution in [-0.2, 0) is 4.79 Å². The lowest BCUT2D eigenvalue weighted by molar-refractivity contribution is -0.139. The molecular weight excluding hydrogens is 522 g/mol. The fraction of sp³-hybridized carbons (Fsp3) is 0.360. The van der Waals surface area contributed by atoms with Gasteiger partial charge in [0.05, 0.1) is 4.88 Å². The van der Waals surface area contributed by atoms with E-state index in [9.17, 15) is 19.5 Å². The number of hydrogen-bond acceptors (Lipinski definition) is 7. The molecule has 3 aromatic rings. The number of benzene rings is 1. The number of aromatic carboxylic acids is 1. The number of urea groups is 1. The molecule has 0 bridgehead atoms. The maximum Gasteiger partial charge on any atom is 0.349 e. The molecule has 1 aliphatic rings. The third-order valence-electron chi connectivity index (χ3n) is 6.15. The van der Waals surface area contributed by atoms with Crippen LogP contribution < -0.4 is 15.0 Å². The van der Waals surface area contributed by atoms with Gasteiger partial charge in [-0.2, -0.15) is 0 Å². The summed E-state index contributed by atoms with van der Waals surface area (Å²) in [6.07, 6.45) is 4.80. The van der Waals surface area contributed by atoms with Crippen LogP contribution in [0.15, 0.2) is 28.8 Å². The molecule has 0 unspecified atom stereocenters. The van der Waals surface area contributed by atoms with E-state index in [1.54, 1.807) is 36.9 Å². The van der Waals surface area contributed by atoms with Crippen LogP contribution in [-0.4, -0.2) is 46.0 Å². The monoisotopic (exact) mass is 547 g/mol. The molecule has 1 saturated carbocycles. The first-order valence-corrected chi connectivity index (χ1v) is 12.9. The number of aliphatic carboxylic acids is 1. The lowest BCUT2D eigenvalue weighted by Crippen LogP contribution is -2.44. The van der Waals surface area contributed by atoms with Gasteiger partial charge in [-0.1, -0.05) is 48.2 Å². The Morgan fingerprint density at radius 3 is 2.57 bits per heavy atom. The lowest BCUT2D eigenvalue weighted by Gasteiger charge is -2.34. The van der Waals surface area contributed by atoms with Crippen molar-refractivity contribution in [3.63, 3.8) is 0 Å². The number of ether oxygens (including phenoxy) is 1. The second kappa shape index (κ2) is 11.2. The first kappa shape index (κ1) is 26.5. The maximum absolute atomic E-state index is 13.6. The van der Waals surface area contributed by atoms with Crippen LogP contribution in [0.3, 0.4) is 0 Å². The van der Waals surface area contributed by atoms with Gasteiger partial charge in [-0.3, -0.25) is 4.90 Å². The Balaban J connectivity index is 1.73. The molecule has 1 aliphatic carbocycles. The number of halogens is 1. The molecule has 1 aromatic carbocycles. The second-order valence-electron chi connectivity index (χ2n) is 8.73. The van der Waals surface area contributed by atoms with Crippen LogP contribution in [0.25, 0.3) is 10.4 Å². The van der Waals surface area contributed by atoms with E-state index in [4.69, 9.17) is 26.0 Å². The molecule has 0 radical (unpaired) electrons. The van der Waals surface area contributed by atoms with Crippen molar-refractivity contribution < 1.29 is 33.9 Å². The van der Waals surface area contributed by atoms with Crippen molar-refractivity contribution in [2.24, 2.45) is 0 Å². The Kier molecular flexibility index (Phi) is 8.03. The summed E-state index contributed by atoms with van der Waals surface area (Å²) >= 11 is 7.37. The SMILES string of the molecule is Cc1noc(C)c1NC(=O)N(c1cccc(-c2sc(C(=O)O)c(OCC(=O)O)c2Cl)c1)C1CCCCC1. The molecule has 2 heterocycles. The zero-order valence-corrected chi connectivity index (χ0v) is 21.8. The highest BCUT2D eigenvalue weighted by Crippen LogP contribution is 2.46. The molecule has 0 atom stereocenters. The number of rotatable bonds is 8. The predicted molar refractivity (Wildman–Crippen MR) is 139 cm³/mol. The fourth-order valence-electron chi connectivity index (χ4n) is 4.44. The highest BCUT2D eigenvalue weighted by Gasteiger charge is 2.30. The van der Waals surface area contributed by atoms with Gasteiger partial charge in [-0.25, -0.2) is 14.4 Å². The van der Waals surface area contributed by atoms with Crippen LogP contribution in [0.2, 0.25) is 5.02 Å². The summed E-state index contributed by atoms with van der Waals surface area (Å²) in [5, 5.41) is 25.4. The Bertz CT molecular complexity index is 1310. The summed E-state index contributed by atoms with van der Waals surface area (Å²) in [5.74, 6) is -2.22. The number of nitrogens with zero attached hydrogens (tertiary/aromatic N) is 2. The number of thiophene rings is 1. The summed E-state index contributed by atoms with van der Waals surface area (Å²) in [7, 11) is 0. The molecule has 0 saturated heterocycles. The number of anilines is 2. The van der Waals surface area contributed by atoms with Crippen molar-refractivity contribution in [2.45, 2.75) is 52.0 Å². The summed E-state index contributed by atoms with van der Waals surface area (Å²) in [4.78, 5) is 38.3. The van der Waals surface area contributed by atoms with Gasteiger partial charge in [-0.05, 0) is 44.4 Å². The molecule has 2 aromatic heterocycles. The number of carboxylic acid groups (broad SMARTS) is 2. The lowest BCUT2D eigenvalue weighted by atomic mass is 9.93. The highest BCUT2D eigenvalue weighted by molar-refractivity contribution is 7.18. The van der Waals surface area contributed by atoms with Crippen molar-refractivity contribution >= 4 is 52.3 Å². The Hall–Kier alpha value is -3.57. The molecule has 12 heteroatoms. The van der Waals surface area contributed by atoms with Gasteiger partial charge in [0.1, 0.15) is 16.4 Å². The third kappa shape index (κ3) is 5.72. The van der Waals surface area contributed by atoms with Crippen molar-refractivity contribution in [2.75, 3.05) is 16.8 Å². The summed E-state index contributed by atoms with van der Waals surface area (Å²) in [5.41, 5.74) is 2.28. The molecule has 3 N–H and O–H groups in total. The number of aromatic nitrogens is 1. The Labute approximate surface area is 221 Å². The van der Waals surface area contributed by atoms with E-state index < -0.39 is 18.5 Å². The molecule has 37 heavy (non-hydrogen) atoms. The van der Waals surface area contributed by atoms with E-state index in [2.05, 4.69) is 10.5 Å². The summed E-state index contributed by atoms with van der Waals surface area (Å²) in [6.45, 7) is 2.75. The van der Waals surface area contributed by atoms with Gasteiger partial charge in [0, 0.05) is 11.7 Å². The number of nitrogens with one attached hydrogen (secondary N) is 1. The Morgan fingerprint density at radius 2 is 1.95 bits per heavy atom. The molecule has 1 fully saturated rings. The maximum atomic E-state index is 13.6. The van der Waals surface area contributed by atoms with E-state index >= 15 is 0 Å². The van der Waals surface area contributed by atoms with Crippen molar-refractivity contribution in [1.29, 1.82) is 0 Å². The van der Waals surface area contributed by atoms with E-state index in [0.29, 0.717) is 33.3 Å². The fourth-order valence-corrected chi connectivity index (χ4v) is 5.85. The van der Waals surface area contributed by atoms with E-state index in [1.807, 2.05) is 6.07 Å². The number of carbonyl (C=O) groups excluding carboxylic acids is 1. The van der Waals surface area contributed by atoms with Crippen molar-refractivity contribution in [1.82, 2.24) is 5.16 Å². The normalized spacial score (nSPS) is 13.8. The van der Waals surface area contributed by atoms with E-state index in [1.165, 1.54) is 0 Å². The molecule has 4 rings (SSSR count). The van der Waals surface area contributed by atoms with Crippen molar-refractivity contribution in [3.8, 4) is 16.2 Å². The zero-order valence-electron chi connectivity index (χ0n) is 20.2. The average molecular weight is 548 g/mol. The van der Waals surface area contributed by atoms with Gasteiger partial charge in [0.2, 0.25) is 0 Å². The number of aryl methyl sites for hydroxylation is 2.